The zero-order valence-corrected chi connectivity index (χ0v) is 11.1. The lowest BCUT2D eigenvalue weighted by atomic mass is 10.2. The number of fused-ring (bicyclic) bond motifs is 1. The van der Waals surface area contributed by atoms with Gasteiger partial charge in [0.2, 0.25) is 0 Å². The summed E-state index contributed by atoms with van der Waals surface area (Å²) in [5.41, 5.74) is 0.806. The van der Waals surface area contributed by atoms with Crippen LogP contribution in [-0.2, 0) is 0 Å². The Morgan fingerprint density at radius 1 is 1.33 bits per heavy atom. The van der Waals surface area contributed by atoms with E-state index in [9.17, 15) is 4.79 Å². The third-order valence-corrected chi connectivity index (χ3v) is 4.32. The molecule has 0 bridgehead atoms. The standard InChI is InChI=1S/C13H9ClN2OS/c1-8-6-7-16(15-8)13(17)12-11(14)9-4-2-3-5-10(9)18-12/h2-7H,1H3. The zero-order valence-electron chi connectivity index (χ0n) is 9.55. The Morgan fingerprint density at radius 2 is 2.11 bits per heavy atom. The van der Waals surface area contributed by atoms with Crippen LogP contribution in [0.4, 0.5) is 0 Å². The van der Waals surface area contributed by atoms with E-state index >= 15 is 0 Å². The second-order valence-electron chi connectivity index (χ2n) is 3.95. The Balaban J connectivity index is 2.14. The second kappa shape index (κ2) is 4.23. The van der Waals surface area contributed by atoms with Crippen LogP contribution in [-0.4, -0.2) is 15.7 Å². The summed E-state index contributed by atoms with van der Waals surface area (Å²) in [6, 6.07) is 9.50. The molecule has 1 aromatic carbocycles. The third kappa shape index (κ3) is 1.74. The van der Waals surface area contributed by atoms with E-state index < -0.39 is 0 Å². The fourth-order valence-corrected chi connectivity index (χ4v) is 3.23. The quantitative estimate of drug-likeness (QED) is 0.678. The largest absolute Gasteiger partial charge is 0.289 e. The van der Waals surface area contributed by atoms with Crippen molar-refractivity contribution in [1.29, 1.82) is 0 Å². The summed E-state index contributed by atoms with van der Waals surface area (Å²) in [6.07, 6.45) is 1.65. The number of aromatic nitrogens is 2. The number of nitrogens with zero attached hydrogens (tertiary/aromatic N) is 2. The minimum Gasteiger partial charge on any atom is -0.266 e. The number of aryl methyl sites for hydroxylation is 1. The summed E-state index contributed by atoms with van der Waals surface area (Å²) in [5.74, 6) is -0.186. The maximum Gasteiger partial charge on any atom is 0.289 e. The number of thiophene rings is 1. The molecule has 0 radical (unpaired) electrons. The van der Waals surface area contributed by atoms with Crippen molar-refractivity contribution in [3.05, 3.63) is 52.1 Å². The maximum absolute atomic E-state index is 12.3. The second-order valence-corrected chi connectivity index (χ2v) is 5.38. The molecule has 0 aliphatic rings. The summed E-state index contributed by atoms with van der Waals surface area (Å²) in [6.45, 7) is 1.84. The molecule has 3 aromatic rings. The third-order valence-electron chi connectivity index (χ3n) is 2.66. The first kappa shape index (κ1) is 11.4. The monoisotopic (exact) mass is 276 g/mol. The zero-order chi connectivity index (χ0) is 12.7. The van der Waals surface area contributed by atoms with Crippen LogP contribution >= 0.6 is 22.9 Å². The molecule has 0 fully saturated rings. The van der Waals surface area contributed by atoms with Crippen molar-refractivity contribution in [2.24, 2.45) is 0 Å². The van der Waals surface area contributed by atoms with Crippen LogP contribution in [0, 0.1) is 6.92 Å². The Morgan fingerprint density at radius 3 is 2.78 bits per heavy atom. The van der Waals surface area contributed by atoms with E-state index in [2.05, 4.69) is 5.10 Å². The Hall–Kier alpha value is -1.65. The minimum absolute atomic E-state index is 0.186. The van der Waals surface area contributed by atoms with Gasteiger partial charge >= 0.3 is 0 Å². The molecule has 0 N–H and O–H groups in total. The summed E-state index contributed by atoms with van der Waals surface area (Å²) >= 11 is 7.65. The smallest absolute Gasteiger partial charge is 0.266 e. The highest BCUT2D eigenvalue weighted by Crippen LogP contribution is 2.35. The molecule has 3 nitrogen and oxygen atoms in total. The molecular formula is C13H9ClN2OS. The van der Waals surface area contributed by atoms with Crippen LogP contribution in [0.15, 0.2) is 36.5 Å². The van der Waals surface area contributed by atoms with Gasteiger partial charge in [0.1, 0.15) is 4.88 Å². The number of hydrogen-bond donors (Lipinski definition) is 0. The van der Waals surface area contributed by atoms with Gasteiger partial charge in [-0.15, -0.1) is 11.3 Å². The normalized spacial score (nSPS) is 11.0. The van der Waals surface area contributed by atoms with Gasteiger partial charge in [-0.05, 0) is 19.1 Å². The van der Waals surface area contributed by atoms with Gasteiger partial charge < -0.3 is 0 Å². The lowest BCUT2D eigenvalue weighted by Gasteiger charge is -1.97. The van der Waals surface area contributed by atoms with E-state index in [1.807, 2.05) is 31.2 Å². The molecule has 0 spiro atoms. The summed E-state index contributed by atoms with van der Waals surface area (Å²) in [7, 11) is 0. The van der Waals surface area contributed by atoms with E-state index in [0.29, 0.717) is 9.90 Å². The topological polar surface area (TPSA) is 34.9 Å². The van der Waals surface area contributed by atoms with Crippen molar-refractivity contribution < 1.29 is 4.79 Å². The Bertz CT molecular complexity index is 744. The van der Waals surface area contributed by atoms with Crippen LogP contribution in [0.5, 0.6) is 0 Å². The van der Waals surface area contributed by atoms with Crippen molar-refractivity contribution >= 4 is 38.9 Å². The van der Waals surface area contributed by atoms with Crippen LogP contribution in [0.3, 0.4) is 0 Å². The molecule has 0 aliphatic carbocycles. The van der Waals surface area contributed by atoms with Crippen LogP contribution in [0.1, 0.15) is 15.4 Å². The van der Waals surface area contributed by atoms with E-state index in [4.69, 9.17) is 11.6 Å². The lowest BCUT2D eigenvalue weighted by Crippen LogP contribution is -2.11. The van der Waals surface area contributed by atoms with Gasteiger partial charge in [0.15, 0.2) is 0 Å². The van der Waals surface area contributed by atoms with Gasteiger partial charge in [0, 0.05) is 16.3 Å². The number of hydrogen-bond acceptors (Lipinski definition) is 3. The van der Waals surface area contributed by atoms with Gasteiger partial charge in [-0.1, -0.05) is 29.8 Å². The van der Waals surface area contributed by atoms with E-state index in [-0.39, 0.29) is 5.91 Å². The molecule has 3 rings (SSSR count). The predicted octanol–water partition coefficient (Wildman–Crippen LogP) is 3.75. The molecule has 0 saturated heterocycles. The van der Waals surface area contributed by atoms with Crippen LogP contribution in [0.2, 0.25) is 5.02 Å². The van der Waals surface area contributed by atoms with Crippen molar-refractivity contribution in [1.82, 2.24) is 9.78 Å². The van der Waals surface area contributed by atoms with Gasteiger partial charge in [0.25, 0.3) is 5.91 Å². The number of rotatable bonds is 1. The van der Waals surface area contributed by atoms with Gasteiger partial charge in [-0.25, -0.2) is 4.68 Å². The van der Waals surface area contributed by atoms with Crippen molar-refractivity contribution in [2.75, 3.05) is 0 Å². The fraction of sp³-hybridized carbons (Fsp3) is 0.0769. The number of carbonyl (C=O) groups excluding carboxylic acids is 1. The van der Waals surface area contributed by atoms with Crippen molar-refractivity contribution in [3.8, 4) is 0 Å². The number of halogens is 1. The SMILES string of the molecule is Cc1ccn(C(=O)c2sc3ccccc3c2Cl)n1. The first-order valence-corrected chi connectivity index (χ1v) is 6.60. The number of benzene rings is 1. The highest BCUT2D eigenvalue weighted by Gasteiger charge is 2.18. The molecule has 0 saturated carbocycles. The van der Waals surface area contributed by atoms with Crippen LogP contribution in [0.25, 0.3) is 10.1 Å². The molecule has 2 aromatic heterocycles. The highest BCUT2D eigenvalue weighted by molar-refractivity contribution is 7.21. The fourth-order valence-electron chi connectivity index (χ4n) is 1.78. The van der Waals surface area contributed by atoms with Gasteiger partial charge in [0.05, 0.1) is 10.7 Å². The Kier molecular flexibility index (Phi) is 2.69. The average Bonchev–Trinajstić information content (AvgIpc) is 2.94. The van der Waals surface area contributed by atoms with Gasteiger partial charge in [-0.3, -0.25) is 4.79 Å². The van der Waals surface area contributed by atoms with Crippen molar-refractivity contribution in [2.45, 2.75) is 6.92 Å². The minimum atomic E-state index is -0.186. The molecule has 0 amide bonds. The predicted molar refractivity (Wildman–Crippen MR) is 73.5 cm³/mol. The molecule has 0 atom stereocenters. The van der Waals surface area contributed by atoms with Crippen molar-refractivity contribution in [3.63, 3.8) is 0 Å². The molecule has 0 unspecified atom stereocenters. The highest BCUT2D eigenvalue weighted by atomic mass is 35.5. The molecule has 2 heterocycles. The lowest BCUT2D eigenvalue weighted by molar-refractivity contribution is 0.0949. The van der Waals surface area contributed by atoms with Gasteiger partial charge in [-0.2, -0.15) is 5.10 Å². The van der Waals surface area contributed by atoms with E-state index in [1.165, 1.54) is 16.0 Å². The summed E-state index contributed by atoms with van der Waals surface area (Å²) < 4.78 is 2.33. The summed E-state index contributed by atoms with van der Waals surface area (Å²) in [5, 5.41) is 5.53. The first-order chi connectivity index (χ1) is 8.66. The van der Waals surface area contributed by atoms with E-state index in [0.717, 1.165) is 15.8 Å². The summed E-state index contributed by atoms with van der Waals surface area (Å²) in [4.78, 5) is 12.8. The molecular weight excluding hydrogens is 268 g/mol. The molecule has 0 aliphatic heterocycles. The Labute approximate surface area is 113 Å². The number of carbonyl (C=O) groups is 1. The molecule has 18 heavy (non-hydrogen) atoms. The average molecular weight is 277 g/mol. The molecule has 5 heteroatoms. The molecule has 90 valence electrons. The van der Waals surface area contributed by atoms with E-state index in [1.54, 1.807) is 12.3 Å². The first-order valence-electron chi connectivity index (χ1n) is 5.41. The maximum atomic E-state index is 12.3. The van der Waals surface area contributed by atoms with Crippen LogP contribution < -0.4 is 0 Å².